The van der Waals surface area contributed by atoms with Crippen molar-refractivity contribution in [1.82, 2.24) is 0 Å². The van der Waals surface area contributed by atoms with Gasteiger partial charge in [0.05, 0.1) is 0 Å². The summed E-state index contributed by atoms with van der Waals surface area (Å²) in [7, 11) is -4.64. The van der Waals surface area contributed by atoms with Gasteiger partial charge in [0.2, 0.25) is 0 Å². The minimum absolute atomic E-state index is 0. The molecule has 11 heavy (non-hydrogen) atoms. The quantitative estimate of drug-likeness (QED) is 0.264. The van der Waals surface area contributed by atoms with Gasteiger partial charge in [0.1, 0.15) is 0 Å². The van der Waals surface area contributed by atoms with Crippen LogP contribution in [0, 0.1) is 0 Å². The van der Waals surface area contributed by atoms with E-state index in [-0.39, 0.29) is 66.5 Å². The smallest absolute Gasteiger partial charge is 1.00 e. The Morgan fingerprint density at radius 1 is 1.18 bits per heavy atom. The molecule has 0 aliphatic rings. The summed E-state index contributed by atoms with van der Waals surface area (Å²) in [5.41, 5.74) is 0. The third-order valence-corrected chi connectivity index (χ3v) is 0. The molecule has 0 bridgehead atoms. The van der Waals surface area contributed by atoms with Crippen molar-refractivity contribution < 1.29 is 40.0 Å². The predicted octanol–water partition coefficient (Wildman–Crippen LogP) is -1.02. The fraction of sp³-hybridized carbons (Fsp3) is 0. The summed E-state index contributed by atoms with van der Waals surface area (Å²) in [6.07, 6.45) is -1.83. The molecule has 0 amide bonds. The molecule has 0 radical (unpaired) electrons. The summed E-state index contributed by atoms with van der Waals surface area (Å²) < 4.78 is 8.88. The van der Waals surface area contributed by atoms with E-state index >= 15 is 0 Å². The van der Waals surface area contributed by atoms with Crippen molar-refractivity contribution in [3.63, 3.8) is 0 Å². The average molecular weight is 228 g/mol. The molecule has 0 unspecified atom stereocenters. The maximum Gasteiger partial charge on any atom is 2.00 e. The van der Waals surface area contributed by atoms with Crippen molar-refractivity contribution in [1.29, 1.82) is 0 Å². The number of carbonyl (C=O) groups is 1. The number of hydrogen-bond donors (Lipinski definition) is 5. The van der Waals surface area contributed by atoms with E-state index in [2.05, 4.69) is 0 Å². The molecule has 0 heterocycles. The molecule has 0 rings (SSSR count). The molecule has 0 spiro atoms. The van der Waals surface area contributed by atoms with E-state index in [1.54, 1.807) is 0 Å². The maximum absolute atomic E-state index is 8.88. The van der Waals surface area contributed by atoms with Crippen molar-refractivity contribution in [2.45, 2.75) is 0 Å². The topological polar surface area (TPSA) is 135 Å². The average Bonchev–Trinajstić information content (AvgIpc) is 1.19. The molecule has 0 aromatic rings. The Hall–Kier alpha value is 1.41. The zero-order valence-corrected chi connectivity index (χ0v) is 9.93. The van der Waals surface area contributed by atoms with Crippen molar-refractivity contribution in [3.05, 3.63) is 0 Å². The van der Waals surface area contributed by atoms with E-state index < -0.39 is 14.0 Å². The Kier molecular flexibility index (Phi) is 23.7. The van der Waals surface area contributed by atoms with Crippen LogP contribution in [0.15, 0.2) is 0 Å². The summed E-state index contributed by atoms with van der Waals surface area (Å²) in [6, 6.07) is 0. The van der Waals surface area contributed by atoms with Gasteiger partial charge in [-0.2, -0.15) is 0 Å². The van der Waals surface area contributed by atoms with Gasteiger partial charge in [-0.3, -0.25) is 0 Å². The van der Waals surface area contributed by atoms with Crippen molar-refractivity contribution in [2.24, 2.45) is 0 Å². The molecule has 64 valence electrons. The Morgan fingerprint density at radius 2 is 1.18 bits per heavy atom. The van der Waals surface area contributed by atoms with Gasteiger partial charge in [-0.25, -0.2) is 9.36 Å². The molecule has 0 aromatic heterocycles. The van der Waals surface area contributed by atoms with Gasteiger partial charge in [-0.1, -0.05) is 0 Å². The molecule has 0 atom stereocenters. The van der Waals surface area contributed by atoms with Crippen LogP contribution in [0.2, 0.25) is 0 Å². The summed E-state index contributed by atoms with van der Waals surface area (Å²) >= 11 is 0. The zero-order chi connectivity index (χ0) is 8.08. The molecule has 0 aliphatic heterocycles. The largest absolute Gasteiger partial charge is 2.00 e. The standard InChI is InChI=1S/CH2O3.Ca.Mg.H3O4P.4H/c2-1(3)4;;;1-5(2,3)4;;;;/h(H2,2,3,4);;;(H3,1,2,3,4);;;;/q;2*+2;;4*-1. The second-order valence-electron chi connectivity index (χ2n) is 0.796. The van der Waals surface area contributed by atoms with Crippen LogP contribution in [0.5, 0.6) is 0 Å². The summed E-state index contributed by atoms with van der Waals surface area (Å²) in [5.74, 6) is 0. The molecule has 0 saturated carbocycles. The molecular formula is CH9CaMgO7P. The molecule has 0 aromatic carbocycles. The van der Waals surface area contributed by atoms with E-state index in [4.69, 9.17) is 34.3 Å². The second-order valence-corrected chi connectivity index (χ2v) is 1.82. The fourth-order valence-corrected chi connectivity index (χ4v) is 0. The Balaban J connectivity index is -0.00000000785. The Morgan fingerprint density at radius 3 is 1.18 bits per heavy atom. The number of carboxylic acid groups (broad SMARTS) is 2. The molecule has 10 heteroatoms. The molecule has 0 saturated heterocycles. The summed E-state index contributed by atoms with van der Waals surface area (Å²) in [5, 5.41) is 13.9. The van der Waals surface area contributed by atoms with Gasteiger partial charge in [0.25, 0.3) is 0 Å². The monoisotopic (exact) mass is 228 g/mol. The summed E-state index contributed by atoms with van der Waals surface area (Å²) in [4.78, 5) is 30.1. The second kappa shape index (κ2) is 11.4. The minimum atomic E-state index is -4.64. The van der Waals surface area contributed by atoms with Crippen LogP contribution in [0.4, 0.5) is 4.79 Å². The number of phosphoric acid groups is 1. The van der Waals surface area contributed by atoms with Gasteiger partial charge in [0, 0.05) is 0 Å². The fourth-order valence-electron chi connectivity index (χ4n) is 0. The Bertz CT molecular complexity index is 131. The van der Waals surface area contributed by atoms with Crippen molar-refractivity contribution in [3.8, 4) is 0 Å². The van der Waals surface area contributed by atoms with Crippen LogP contribution < -0.4 is 0 Å². The zero-order valence-electron chi connectivity index (χ0n) is 9.41. The Labute approximate surface area is 114 Å². The van der Waals surface area contributed by atoms with Gasteiger partial charge >= 0.3 is 74.8 Å². The van der Waals surface area contributed by atoms with Crippen molar-refractivity contribution >= 4 is 74.8 Å². The molecule has 5 N–H and O–H groups in total. The van der Waals surface area contributed by atoms with Gasteiger partial charge in [0.15, 0.2) is 0 Å². The SMILES string of the molecule is O=C(O)O.O=P(O)(O)O.[Ca+2].[H-].[H-].[H-].[H-].[Mg+2]. The maximum atomic E-state index is 8.88. The number of rotatable bonds is 0. The van der Waals surface area contributed by atoms with E-state index in [1.165, 1.54) is 0 Å². The normalized spacial score (nSPS) is 7.55. The van der Waals surface area contributed by atoms with Crippen LogP contribution in [-0.4, -0.2) is 91.8 Å². The number of hydrogen-bond acceptors (Lipinski definition) is 2. The first-order chi connectivity index (χ1) is 3.73. The van der Waals surface area contributed by atoms with Gasteiger partial charge in [-0.05, 0) is 0 Å². The van der Waals surface area contributed by atoms with Crippen LogP contribution >= 0.6 is 7.82 Å². The first-order valence-corrected chi connectivity index (χ1v) is 3.00. The van der Waals surface area contributed by atoms with Crippen LogP contribution in [0.3, 0.4) is 0 Å². The first-order valence-electron chi connectivity index (χ1n) is 1.43. The summed E-state index contributed by atoms with van der Waals surface area (Å²) in [6.45, 7) is 0. The predicted molar refractivity (Wildman–Crippen MR) is 40.9 cm³/mol. The minimum Gasteiger partial charge on any atom is -1.00 e. The van der Waals surface area contributed by atoms with E-state index in [1.807, 2.05) is 0 Å². The first kappa shape index (κ1) is 22.8. The van der Waals surface area contributed by atoms with Crippen LogP contribution in [0.25, 0.3) is 0 Å². The van der Waals surface area contributed by atoms with E-state index in [0.29, 0.717) is 0 Å². The van der Waals surface area contributed by atoms with Gasteiger partial charge < -0.3 is 30.6 Å². The van der Waals surface area contributed by atoms with Gasteiger partial charge in [-0.15, -0.1) is 0 Å². The molecule has 0 aliphatic carbocycles. The molecular weight excluding hydrogens is 219 g/mol. The van der Waals surface area contributed by atoms with Crippen LogP contribution in [0.1, 0.15) is 5.71 Å². The third-order valence-electron chi connectivity index (χ3n) is 0. The third kappa shape index (κ3) is 510. The van der Waals surface area contributed by atoms with Crippen LogP contribution in [-0.2, 0) is 4.57 Å². The molecule has 7 nitrogen and oxygen atoms in total. The van der Waals surface area contributed by atoms with E-state index in [9.17, 15) is 0 Å². The molecule has 0 fully saturated rings. The van der Waals surface area contributed by atoms with Crippen molar-refractivity contribution in [2.75, 3.05) is 0 Å². The van der Waals surface area contributed by atoms with E-state index in [0.717, 1.165) is 0 Å².